The first-order chi connectivity index (χ1) is 10.7. The Bertz CT molecular complexity index is 606. The number of aryl methyl sites for hydroxylation is 1. The zero-order chi connectivity index (χ0) is 15.8. The van der Waals surface area contributed by atoms with E-state index >= 15 is 0 Å². The van der Waals surface area contributed by atoms with Crippen LogP contribution < -0.4 is 10.6 Å². The van der Waals surface area contributed by atoms with Crippen molar-refractivity contribution in [1.82, 2.24) is 30.4 Å². The third kappa shape index (κ3) is 4.70. The Labute approximate surface area is 134 Å². The molecule has 0 aliphatic carbocycles. The molecule has 2 rings (SSSR count). The summed E-state index contributed by atoms with van der Waals surface area (Å²) in [6.45, 7) is 4.24. The van der Waals surface area contributed by atoms with Crippen molar-refractivity contribution in [2.45, 2.75) is 26.4 Å². The Balaban J connectivity index is 1.77. The molecule has 0 unspecified atom stereocenters. The first-order valence-corrected chi connectivity index (χ1v) is 7.52. The number of hydrogen-bond acceptors (Lipinski definition) is 4. The predicted octanol–water partition coefficient (Wildman–Crippen LogP) is 1.25. The molecule has 0 radical (unpaired) electrons. The summed E-state index contributed by atoms with van der Waals surface area (Å²) in [6.07, 6.45) is 4.35. The molecule has 0 bridgehead atoms. The Morgan fingerprint density at radius 2 is 2.23 bits per heavy atom. The smallest absolute Gasteiger partial charge is 0.191 e. The van der Waals surface area contributed by atoms with Gasteiger partial charge in [0.15, 0.2) is 11.8 Å². The number of halogens is 1. The van der Waals surface area contributed by atoms with Crippen LogP contribution in [0.2, 0.25) is 5.15 Å². The van der Waals surface area contributed by atoms with Gasteiger partial charge in [0.25, 0.3) is 0 Å². The normalized spacial score (nSPS) is 11.5. The van der Waals surface area contributed by atoms with E-state index in [1.165, 1.54) is 0 Å². The largest absolute Gasteiger partial charge is 0.356 e. The fourth-order valence-electron chi connectivity index (χ4n) is 1.94. The maximum Gasteiger partial charge on any atom is 0.191 e. The van der Waals surface area contributed by atoms with Gasteiger partial charge in [0.05, 0.1) is 6.54 Å². The summed E-state index contributed by atoms with van der Waals surface area (Å²) in [5.41, 5.74) is 1.12. The summed E-state index contributed by atoms with van der Waals surface area (Å²) >= 11 is 5.76. The second kappa shape index (κ2) is 8.33. The standard InChI is InChI=1S/C14H20ClN7/c1-3-22-10-20-21-13(22)9-19-14(16-2)17-7-6-11-4-5-12(15)18-8-11/h4-5,8,10H,3,6-7,9H2,1-2H3,(H2,16,17,19). The third-order valence-corrected chi connectivity index (χ3v) is 3.39. The van der Waals surface area contributed by atoms with Crippen molar-refractivity contribution in [2.75, 3.05) is 13.6 Å². The second-order valence-corrected chi connectivity index (χ2v) is 5.01. The molecule has 0 aliphatic heterocycles. The average molecular weight is 322 g/mol. The highest BCUT2D eigenvalue weighted by molar-refractivity contribution is 6.29. The number of aliphatic imine (C=N–C) groups is 1. The minimum Gasteiger partial charge on any atom is -0.356 e. The van der Waals surface area contributed by atoms with Crippen LogP contribution in [0.4, 0.5) is 0 Å². The number of aromatic nitrogens is 4. The predicted molar refractivity (Wildman–Crippen MR) is 86.8 cm³/mol. The van der Waals surface area contributed by atoms with Crippen molar-refractivity contribution in [3.05, 3.63) is 41.2 Å². The molecule has 22 heavy (non-hydrogen) atoms. The second-order valence-electron chi connectivity index (χ2n) is 4.62. The summed E-state index contributed by atoms with van der Waals surface area (Å²) < 4.78 is 1.99. The number of nitrogens with zero attached hydrogens (tertiary/aromatic N) is 5. The zero-order valence-electron chi connectivity index (χ0n) is 12.8. The Morgan fingerprint density at radius 1 is 1.36 bits per heavy atom. The van der Waals surface area contributed by atoms with E-state index in [-0.39, 0.29) is 0 Å². The molecule has 0 amide bonds. The topological polar surface area (TPSA) is 80.0 Å². The van der Waals surface area contributed by atoms with E-state index < -0.39 is 0 Å². The molecule has 118 valence electrons. The van der Waals surface area contributed by atoms with Crippen LogP contribution in [-0.2, 0) is 19.5 Å². The molecule has 0 fully saturated rings. The van der Waals surface area contributed by atoms with E-state index in [9.17, 15) is 0 Å². The van der Waals surface area contributed by atoms with Crippen LogP contribution in [0.15, 0.2) is 29.6 Å². The molecule has 2 aromatic rings. The van der Waals surface area contributed by atoms with E-state index in [0.717, 1.165) is 36.9 Å². The van der Waals surface area contributed by atoms with Gasteiger partial charge < -0.3 is 15.2 Å². The Kier molecular flexibility index (Phi) is 6.14. The molecule has 0 saturated heterocycles. The number of guanidine groups is 1. The summed E-state index contributed by atoms with van der Waals surface area (Å²) in [6, 6.07) is 3.76. The average Bonchev–Trinajstić information content (AvgIpc) is 3.00. The maximum atomic E-state index is 5.76. The number of hydrogen-bond donors (Lipinski definition) is 2. The quantitative estimate of drug-likeness (QED) is 0.475. The maximum absolute atomic E-state index is 5.76. The lowest BCUT2D eigenvalue weighted by molar-refractivity contribution is 0.669. The number of rotatable bonds is 6. The molecule has 2 aromatic heterocycles. The van der Waals surface area contributed by atoms with Gasteiger partial charge in [-0.2, -0.15) is 0 Å². The van der Waals surface area contributed by atoms with Gasteiger partial charge in [0.1, 0.15) is 11.5 Å². The van der Waals surface area contributed by atoms with Crippen LogP contribution >= 0.6 is 11.6 Å². The molecular weight excluding hydrogens is 302 g/mol. The van der Waals surface area contributed by atoms with Crippen molar-refractivity contribution < 1.29 is 0 Å². The minimum absolute atomic E-state index is 0.509. The van der Waals surface area contributed by atoms with Crippen molar-refractivity contribution in [2.24, 2.45) is 4.99 Å². The fourth-order valence-corrected chi connectivity index (χ4v) is 2.05. The van der Waals surface area contributed by atoms with Gasteiger partial charge in [-0.1, -0.05) is 17.7 Å². The van der Waals surface area contributed by atoms with Gasteiger partial charge in [0, 0.05) is 26.3 Å². The summed E-state index contributed by atoms with van der Waals surface area (Å²) in [7, 11) is 1.74. The monoisotopic (exact) mass is 321 g/mol. The van der Waals surface area contributed by atoms with Gasteiger partial charge in [-0.3, -0.25) is 4.99 Å². The zero-order valence-corrected chi connectivity index (χ0v) is 13.5. The van der Waals surface area contributed by atoms with E-state index in [1.807, 2.05) is 10.6 Å². The van der Waals surface area contributed by atoms with E-state index in [1.54, 1.807) is 25.6 Å². The van der Waals surface area contributed by atoms with Crippen molar-refractivity contribution in [1.29, 1.82) is 0 Å². The van der Waals surface area contributed by atoms with Gasteiger partial charge in [-0.25, -0.2) is 4.98 Å². The van der Waals surface area contributed by atoms with E-state index in [2.05, 4.69) is 37.7 Å². The summed E-state index contributed by atoms with van der Waals surface area (Å²) in [5.74, 6) is 1.61. The van der Waals surface area contributed by atoms with Gasteiger partial charge in [-0.15, -0.1) is 10.2 Å². The van der Waals surface area contributed by atoms with Crippen molar-refractivity contribution >= 4 is 17.6 Å². The van der Waals surface area contributed by atoms with Crippen LogP contribution in [0.5, 0.6) is 0 Å². The Morgan fingerprint density at radius 3 is 2.91 bits per heavy atom. The molecule has 0 aliphatic rings. The lowest BCUT2D eigenvalue weighted by Gasteiger charge is -2.11. The van der Waals surface area contributed by atoms with Gasteiger partial charge in [0.2, 0.25) is 0 Å². The van der Waals surface area contributed by atoms with Gasteiger partial charge >= 0.3 is 0 Å². The van der Waals surface area contributed by atoms with Crippen LogP contribution in [-0.4, -0.2) is 39.3 Å². The highest BCUT2D eigenvalue weighted by Gasteiger charge is 2.04. The van der Waals surface area contributed by atoms with E-state index in [0.29, 0.717) is 11.7 Å². The molecule has 0 aromatic carbocycles. The minimum atomic E-state index is 0.509. The molecule has 2 heterocycles. The summed E-state index contributed by atoms with van der Waals surface area (Å²) in [4.78, 5) is 8.25. The van der Waals surface area contributed by atoms with E-state index in [4.69, 9.17) is 11.6 Å². The van der Waals surface area contributed by atoms with Crippen LogP contribution in [0.25, 0.3) is 0 Å². The van der Waals surface area contributed by atoms with Crippen LogP contribution in [0.1, 0.15) is 18.3 Å². The molecule has 7 nitrogen and oxygen atoms in total. The first kappa shape index (κ1) is 16.2. The highest BCUT2D eigenvalue weighted by Crippen LogP contribution is 2.05. The van der Waals surface area contributed by atoms with Crippen LogP contribution in [0.3, 0.4) is 0 Å². The number of pyridine rings is 1. The first-order valence-electron chi connectivity index (χ1n) is 7.14. The Hall–Kier alpha value is -2.15. The highest BCUT2D eigenvalue weighted by atomic mass is 35.5. The van der Waals surface area contributed by atoms with Crippen molar-refractivity contribution in [3.63, 3.8) is 0 Å². The van der Waals surface area contributed by atoms with Crippen LogP contribution in [0, 0.1) is 0 Å². The van der Waals surface area contributed by atoms with Gasteiger partial charge in [-0.05, 0) is 25.0 Å². The third-order valence-electron chi connectivity index (χ3n) is 3.17. The molecular formula is C14H20ClN7. The lowest BCUT2D eigenvalue weighted by Crippen LogP contribution is -2.38. The molecule has 0 spiro atoms. The fraction of sp³-hybridized carbons (Fsp3) is 0.429. The SMILES string of the molecule is CCn1cnnc1CNC(=NC)NCCc1ccc(Cl)nc1. The van der Waals surface area contributed by atoms with Crippen molar-refractivity contribution in [3.8, 4) is 0 Å². The molecule has 0 atom stereocenters. The lowest BCUT2D eigenvalue weighted by atomic mass is 10.2. The molecule has 8 heteroatoms. The number of nitrogens with one attached hydrogen (secondary N) is 2. The molecule has 2 N–H and O–H groups in total. The molecule has 0 saturated carbocycles. The summed E-state index contributed by atoms with van der Waals surface area (Å²) in [5, 5.41) is 15.0.